The molecule has 4 heterocycles. The zero-order valence-corrected chi connectivity index (χ0v) is 17.6. The quantitative estimate of drug-likeness (QED) is 0.483. The van der Waals surface area contributed by atoms with Crippen LogP contribution in [0.3, 0.4) is 0 Å². The Bertz CT molecular complexity index is 1220. The van der Waals surface area contributed by atoms with Crippen LogP contribution in [0.1, 0.15) is 0 Å². The summed E-state index contributed by atoms with van der Waals surface area (Å²) in [5.74, 6) is 1.45. The van der Waals surface area contributed by atoms with Crippen molar-refractivity contribution in [3.63, 3.8) is 0 Å². The SMILES string of the molecule is O=C(COc1ccc(Cl)c2cccnc12)N1CCN(c2ncnc3sccc23)CC1. The van der Waals surface area contributed by atoms with Gasteiger partial charge in [-0.3, -0.25) is 9.78 Å². The predicted molar refractivity (Wildman–Crippen MR) is 118 cm³/mol. The molecule has 0 atom stereocenters. The zero-order chi connectivity index (χ0) is 20.5. The fourth-order valence-electron chi connectivity index (χ4n) is 3.66. The number of carbonyl (C=O) groups is 1. The molecule has 30 heavy (non-hydrogen) atoms. The minimum Gasteiger partial charge on any atom is -0.481 e. The lowest BCUT2D eigenvalue weighted by Gasteiger charge is -2.35. The molecule has 1 aromatic carbocycles. The summed E-state index contributed by atoms with van der Waals surface area (Å²) >= 11 is 7.83. The Morgan fingerprint density at radius 2 is 1.93 bits per heavy atom. The van der Waals surface area contributed by atoms with Crippen molar-refractivity contribution in [1.82, 2.24) is 19.9 Å². The second-order valence-corrected chi connectivity index (χ2v) is 8.24. The summed E-state index contributed by atoms with van der Waals surface area (Å²) in [6.45, 7) is 2.66. The summed E-state index contributed by atoms with van der Waals surface area (Å²) in [5.41, 5.74) is 0.658. The maximum absolute atomic E-state index is 12.7. The number of piperazine rings is 1. The van der Waals surface area contributed by atoms with Crippen molar-refractivity contribution < 1.29 is 9.53 Å². The minimum atomic E-state index is -0.0444. The van der Waals surface area contributed by atoms with Gasteiger partial charge in [-0.25, -0.2) is 9.97 Å². The first-order chi connectivity index (χ1) is 14.7. The first-order valence-corrected chi connectivity index (χ1v) is 10.8. The molecule has 3 aromatic heterocycles. The van der Waals surface area contributed by atoms with E-state index in [9.17, 15) is 4.79 Å². The number of halogens is 1. The van der Waals surface area contributed by atoms with Crippen LogP contribution in [0.5, 0.6) is 5.75 Å². The van der Waals surface area contributed by atoms with Crippen LogP contribution in [0.25, 0.3) is 21.1 Å². The molecule has 1 aliphatic rings. The third kappa shape index (κ3) is 3.53. The summed E-state index contributed by atoms with van der Waals surface area (Å²) in [4.78, 5) is 30.8. The lowest BCUT2D eigenvalue weighted by molar-refractivity contribution is -0.133. The van der Waals surface area contributed by atoms with E-state index in [4.69, 9.17) is 16.3 Å². The first kappa shape index (κ1) is 19.0. The molecule has 7 nitrogen and oxygen atoms in total. The van der Waals surface area contributed by atoms with Crippen molar-refractivity contribution in [2.45, 2.75) is 0 Å². The van der Waals surface area contributed by atoms with Gasteiger partial charge in [0.2, 0.25) is 0 Å². The predicted octanol–water partition coefficient (Wildman–Crippen LogP) is 3.62. The number of carbonyl (C=O) groups excluding carboxylic acids is 1. The monoisotopic (exact) mass is 439 g/mol. The summed E-state index contributed by atoms with van der Waals surface area (Å²) < 4.78 is 5.80. The highest BCUT2D eigenvalue weighted by Gasteiger charge is 2.24. The first-order valence-electron chi connectivity index (χ1n) is 9.57. The van der Waals surface area contributed by atoms with E-state index in [-0.39, 0.29) is 12.5 Å². The Morgan fingerprint density at radius 3 is 2.80 bits per heavy atom. The molecule has 0 saturated carbocycles. The van der Waals surface area contributed by atoms with Gasteiger partial charge in [0.1, 0.15) is 28.2 Å². The van der Waals surface area contributed by atoms with E-state index in [0.29, 0.717) is 29.4 Å². The van der Waals surface area contributed by atoms with Gasteiger partial charge in [0.25, 0.3) is 5.91 Å². The highest BCUT2D eigenvalue weighted by atomic mass is 35.5. The number of amides is 1. The molecular weight excluding hydrogens is 422 g/mol. The van der Waals surface area contributed by atoms with Gasteiger partial charge in [-0.15, -0.1) is 11.3 Å². The van der Waals surface area contributed by atoms with Gasteiger partial charge in [0, 0.05) is 37.8 Å². The number of aromatic nitrogens is 3. The second-order valence-electron chi connectivity index (χ2n) is 6.94. The molecule has 1 fully saturated rings. The van der Waals surface area contributed by atoms with Crippen LogP contribution in [0.4, 0.5) is 5.82 Å². The Labute approximate surface area is 181 Å². The van der Waals surface area contributed by atoms with E-state index in [0.717, 1.165) is 34.5 Å². The fraction of sp³-hybridized carbons (Fsp3) is 0.238. The number of fused-ring (bicyclic) bond motifs is 2. The van der Waals surface area contributed by atoms with Crippen LogP contribution in [-0.2, 0) is 4.79 Å². The molecule has 0 unspecified atom stereocenters. The zero-order valence-electron chi connectivity index (χ0n) is 16.0. The van der Waals surface area contributed by atoms with E-state index in [2.05, 4.69) is 19.9 Å². The van der Waals surface area contributed by atoms with E-state index in [1.54, 1.807) is 36.0 Å². The molecule has 0 N–H and O–H groups in total. The maximum Gasteiger partial charge on any atom is 0.260 e. The van der Waals surface area contributed by atoms with E-state index in [1.165, 1.54) is 0 Å². The number of hydrogen-bond donors (Lipinski definition) is 0. The number of ether oxygens (including phenoxy) is 1. The van der Waals surface area contributed by atoms with E-state index in [1.807, 2.05) is 28.5 Å². The molecule has 0 aliphatic carbocycles. The number of rotatable bonds is 4. The average molecular weight is 440 g/mol. The smallest absolute Gasteiger partial charge is 0.260 e. The third-order valence-electron chi connectivity index (χ3n) is 5.20. The fourth-order valence-corrected chi connectivity index (χ4v) is 4.60. The van der Waals surface area contributed by atoms with Crippen molar-refractivity contribution in [3.8, 4) is 5.75 Å². The van der Waals surface area contributed by atoms with Gasteiger partial charge < -0.3 is 14.5 Å². The van der Waals surface area contributed by atoms with Crippen LogP contribution in [0.2, 0.25) is 5.02 Å². The summed E-state index contributed by atoms with van der Waals surface area (Å²) in [7, 11) is 0. The molecule has 1 saturated heterocycles. The normalized spacial score (nSPS) is 14.4. The van der Waals surface area contributed by atoms with Crippen LogP contribution in [0.15, 0.2) is 48.2 Å². The number of hydrogen-bond acceptors (Lipinski definition) is 7. The van der Waals surface area contributed by atoms with Gasteiger partial charge in [-0.1, -0.05) is 11.6 Å². The molecule has 1 amide bonds. The molecule has 0 radical (unpaired) electrons. The van der Waals surface area contributed by atoms with Crippen LogP contribution < -0.4 is 9.64 Å². The largest absolute Gasteiger partial charge is 0.481 e. The Hall–Kier alpha value is -2.97. The van der Waals surface area contributed by atoms with Crippen molar-refractivity contribution in [2.75, 3.05) is 37.7 Å². The molecule has 9 heteroatoms. The van der Waals surface area contributed by atoms with E-state index >= 15 is 0 Å². The van der Waals surface area contributed by atoms with Gasteiger partial charge in [0.05, 0.1) is 10.4 Å². The molecule has 5 rings (SSSR count). The highest BCUT2D eigenvalue weighted by molar-refractivity contribution is 7.16. The summed E-state index contributed by atoms with van der Waals surface area (Å²) in [6.07, 6.45) is 3.29. The Morgan fingerprint density at radius 1 is 1.07 bits per heavy atom. The topological polar surface area (TPSA) is 71.5 Å². The van der Waals surface area contributed by atoms with Crippen molar-refractivity contribution in [1.29, 1.82) is 0 Å². The Kier molecular flexibility index (Phi) is 5.10. The lowest BCUT2D eigenvalue weighted by Crippen LogP contribution is -2.50. The van der Waals surface area contributed by atoms with E-state index < -0.39 is 0 Å². The second kappa shape index (κ2) is 8.04. The van der Waals surface area contributed by atoms with Gasteiger partial charge in [0.15, 0.2) is 6.61 Å². The lowest BCUT2D eigenvalue weighted by atomic mass is 10.2. The Balaban J connectivity index is 1.23. The molecule has 0 bridgehead atoms. The van der Waals surface area contributed by atoms with Crippen LogP contribution in [0, 0.1) is 0 Å². The minimum absolute atomic E-state index is 0.0322. The number of benzene rings is 1. The summed E-state index contributed by atoms with van der Waals surface area (Å²) in [5, 5.41) is 4.50. The van der Waals surface area contributed by atoms with Crippen LogP contribution >= 0.6 is 22.9 Å². The number of anilines is 1. The number of thiophene rings is 1. The van der Waals surface area contributed by atoms with Crippen molar-refractivity contribution in [3.05, 3.63) is 53.3 Å². The van der Waals surface area contributed by atoms with Gasteiger partial charge in [-0.05, 0) is 35.7 Å². The van der Waals surface area contributed by atoms with Gasteiger partial charge in [-0.2, -0.15) is 0 Å². The van der Waals surface area contributed by atoms with Crippen molar-refractivity contribution in [2.24, 2.45) is 0 Å². The molecule has 1 aliphatic heterocycles. The van der Waals surface area contributed by atoms with Crippen LogP contribution in [-0.4, -0.2) is 58.5 Å². The highest BCUT2D eigenvalue weighted by Crippen LogP contribution is 2.30. The standard InChI is InChI=1S/C21H18ClN5O2S/c22-16-3-4-17(19-14(16)2-1-6-23-19)29-12-18(28)26-7-9-27(10-8-26)20-15-5-11-30-21(15)25-13-24-20/h1-6,11,13H,7-10,12H2. The maximum atomic E-state index is 12.7. The molecule has 0 spiro atoms. The third-order valence-corrected chi connectivity index (χ3v) is 6.35. The number of nitrogens with zero attached hydrogens (tertiary/aromatic N) is 5. The van der Waals surface area contributed by atoms with Gasteiger partial charge >= 0.3 is 0 Å². The molecule has 152 valence electrons. The molecule has 4 aromatic rings. The summed E-state index contributed by atoms with van der Waals surface area (Å²) in [6, 6.07) is 9.27. The number of pyridine rings is 1. The average Bonchev–Trinajstić information content (AvgIpc) is 3.28. The van der Waals surface area contributed by atoms with Crippen molar-refractivity contribution >= 4 is 55.8 Å². The molecular formula is C21H18ClN5O2S.